The van der Waals surface area contributed by atoms with Gasteiger partial charge in [0.25, 0.3) is 0 Å². The molecule has 1 saturated carbocycles. The number of nitriles is 1. The van der Waals surface area contributed by atoms with Crippen molar-refractivity contribution in [1.29, 1.82) is 5.26 Å². The predicted octanol–water partition coefficient (Wildman–Crippen LogP) is 4.12. The third-order valence-electron chi connectivity index (χ3n) is 4.03. The van der Waals surface area contributed by atoms with Crippen LogP contribution >= 0.6 is 0 Å². The van der Waals surface area contributed by atoms with Crippen LogP contribution in [0.3, 0.4) is 0 Å². The number of carbonyl (C=O) groups excluding carboxylic acids is 1. The zero-order chi connectivity index (χ0) is 16.2. The molecule has 3 rings (SSSR count). The van der Waals surface area contributed by atoms with Gasteiger partial charge in [0.1, 0.15) is 11.5 Å². The van der Waals surface area contributed by atoms with E-state index in [-0.39, 0.29) is 5.91 Å². The second-order valence-electron chi connectivity index (χ2n) is 5.91. The van der Waals surface area contributed by atoms with Crippen LogP contribution < -0.4 is 5.32 Å². The molecule has 4 heteroatoms. The summed E-state index contributed by atoms with van der Waals surface area (Å²) in [5.41, 5.74) is 1.63. The van der Waals surface area contributed by atoms with Crippen molar-refractivity contribution in [3.05, 3.63) is 59.6 Å². The topological polar surface area (TPSA) is 66.0 Å². The highest BCUT2D eigenvalue weighted by molar-refractivity contribution is 6.01. The molecule has 23 heavy (non-hydrogen) atoms. The first-order valence-corrected chi connectivity index (χ1v) is 7.70. The molecule has 0 saturated heterocycles. The molecule has 1 fully saturated rings. The van der Waals surface area contributed by atoms with E-state index < -0.39 is 0 Å². The fourth-order valence-electron chi connectivity index (χ4n) is 2.51. The molecule has 1 N–H and O–H groups in total. The average Bonchev–Trinajstić information content (AvgIpc) is 3.09. The first-order chi connectivity index (χ1) is 11.2. The fraction of sp³-hybridized carbons (Fsp3) is 0.263. The number of rotatable bonds is 5. The van der Waals surface area contributed by atoms with Gasteiger partial charge in [0.15, 0.2) is 0 Å². The maximum Gasteiger partial charge on any atom is 0.248 e. The van der Waals surface area contributed by atoms with Gasteiger partial charge in [0, 0.05) is 17.7 Å². The van der Waals surface area contributed by atoms with E-state index in [0.29, 0.717) is 29.7 Å². The van der Waals surface area contributed by atoms with Crippen molar-refractivity contribution in [2.45, 2.75) is 25.7 Å². The summed E-state index contributed by atoms with van der Waals surface area (Å²) in [5.74, 6) is 2.73. The van der Waals surface area contributed by atoms with Crippen molar-refractivity contribution in [2.75, 3.05) is 5.32 Å². The number of benzene rings is 1. The van der Waals surface area contributed by atoms with Gasteiger partial charge in [0.05, 0.1) is 12.5 Å². The summed E-state index contributed by atoms with van der Waals surface area (Å²) in [6.45, 7) is 2.21. The van der Waals surface area contributed by atoms with Crippen LogP contribution in [0, 0.1) is 17.2 Å². The maximum atomic E-state index is 11.9. The number of hydrogen-bond donors (Lipinski definition) is 1. The molecule has 1 aromatic carbocycles. The Morgan fingerprint density at radius 1 is 1.35 bits per heavy atom. The normalized spacial score (nSPS) is 19.5. The molecule has 1 aromatic heterocycles. The summed E-state index contributed by atoms with van der Waals surface area (Å²) in [5, 5.41) is 11.4. The first-order valence-electron chi connectivity index (χ1n) is 7.70. The van der Waals surface area contributed by atoms with Crippen LogP contribution in [-0.2, 0) is 11.2 Å². The van der Waals surface area contributed by atoms with Crippen LogP contribution in [-0.4, -0.2) is 5.91 Å². The molecule has 2 atom stereocenters. The van der Waals surface area contributed by atoms with E-state index in [2.05, 4.69) is 18.3 Å². The maximum absolute atomic E-state index is 11.9. The van der Waals surface area contributed by atoms with Gasteiger partial charge < -0.3 is 9.73 Å². The third-order valence-corrected chi connectivity index (χ3v) is 4.03. The lowest BCUT2D eigenvalue weighted by Crippen LogP contribution is -2.07. The lowest BCUT2D eigenvalue weighted by Gasteiger charge is -2.02. The smallest absolute Gasteiger partial charge is 0.248 e. The van der Waals surface area contributed by atoms with E-state index in [1.54, 1.807) is 18.2 Å². The molecule has 0 radical (unpaired) electrons. The molecule has 1 aliphatic rings. The van der Waals surface area contributed by atoms with Crippen LogP contribution in [0.4, 0.5) is 5.69 Å². The molecule has 1 aliphatic carbocycles. The summed E-state index contributed by atoms with van der Waals surface area (Å²) < 4.78 is 5.72. The number of hydrogen-bond acceptors (Lipinski definition) is 3. The van der Waals surface area contributed by atoms with E-state index >= 15 is 0 Å². The minimum Gasteiger partial charge on any atom is -0.461 e. The zero-order valence-electron chi connectivity index (χ0n) is 13.0. The van der Waals surface area contributed by atoms with Gasteiger partial charge >= 0.3 is 0 Å². The SMILES string of the molecule is CC1CC1c1ccc(/C=C/C(=O)Nc2ccc(CC#N)cc2)o1. The van der Waals surface area contributed by atoms with Gasteiger partial charge in [-0.15, -0.1) is 0 Å². The number of furan rings is 1. The van der Waals surface area contributed by atoms with Gasteiger partial charge in [-0.05, 0) is 48.2 Å². The van der Waals surface area contributed by atoms with Crippen molar-refractivity contribution >= 4 is 17.7 Å². The Balaban J connectivity index is 1.56. The van der Waals surface area contributed by atoms with E-state index in [9.17, 15) is 4.79 Å². The minimum atomic E-state index is -0.212. The molecule has 116 valence electrons. The van der Waals surface area contributed by atoms with Gasteiger partial charge in [-0.3, -0.25) is 4.79 Å². The highest BCUT2D eigenvalue weighted by Gasteiger charge is 2.36. The molecule has 4 nitrogen and oxygen atoms in total. The Morgan fingerprint density at radius 2 is 2.09 bits per heavy atom. The second-order valence-corrected chi connectivity index (χ2v) is 5.91. The number of amides is 1. The molecule has 1 heterocycles. The van der Waals surface area contributed by atoms with E-state index in [4.69, 9.17) is 9.68 Å². The Bertz CT molecular complexity index is 765. The Morgan fingerprint density at radius 3 is 2.74 bits per heavy atom. The van der Waals surface area contributed by atoms with Crippen molar-refractivity contribution < 1.29 is 9.21 Å². The van der Waals surface area contributed by atoms with Gasteiger partial charge in [-0.25, -0.2) is 0 Å². The Hall–Kier alpha value is -2.80. The van der Waals surface area contributed by atoms with Gasteiger partial charge in [-0.1, -0.05) is 19.1 Å². The average molecular weight is 306 g/mol. The van der Waals surface area contributed by atoms with Crippen LogP contribution in [0.15, 0.2) is 46.9 Å². The van der Waals surface area contributed by atoms with E-state index in [0.717, 1.165) is 11.3 Å². The van der Waals surface area contributed by atoms with Crippen LogP contribution in [0.5, 0.6) is 0 Å². The first kappa shape index (κ1) is 15.1. The lowest BCUT2D eigenvalue weighted by atomic mass is 10.1. The molecule has 0 aliphatic heterocycles. The van der Waals surface area contributed by atoms with Crippen molar-refractivity contribution in [2.24, 2.45) is 5.92 Å². The van der Waals surface area contributed by atoms with Crippen molar-refractivity contribution in [3.63, 3.8) is 0 Å². The summed E-state index contributed by atoms with van der Waals surface area (Å²) in [7, 11) is 0. The fourth-order valence-corrected chi connectivity index (χ4v) is 2.51. The largest absolute Gasteiger partial charge is 0.461 e. The molecule has 0 spiro atoms. The summed E-state index contributed by atoms with van der Waals surface area (Å²) in [6, 6.07) is 13.2. The molecular formula is C19H18N2O2. The lowest BCUT2D eigenvalue weighted by molar-refractivity contribution is -0.111. The van der Waals surface area contributed by atoms with Crippen molar-refractivity contribution in [3.8, 4) is 6.07 Å². The predicted molar refractivity (Wildman–Crippen MR) is 88.7 cm³/mol. The standard InChI is InChI=1S/C19H18N2O2/c1-13-12-17(13)18-8-6-16(23-18)7-9-19(22)21-15-4-2-14(3-5-15)10-11-20/h2-9,13,17H,10,12H2,1H3,(H,21,22)/b9-7+. The number of nitrogens with one attached hydrogen (secondary N) is 1. The van der Waals surface area contributed by atoms with Crippen LogP contribution in [0.25, 0.3) is 6.08 Å². The molecule has 2 unspecified atom stereocenters. The van der Waals surface area contributed by atoms with Crippen molar-refractivity contribution in [1.82, 2.24) is 0 Å². The molecule has 0 bridgehead atoms. The summed E-state index contributed by atoms with van der Waals surface area (Å²) in [4.78, 5) is 11.9. The minimum absolute atomic E-state index is 0.212. The number of carbonyl (C=O) groups is 1. The number of nitrogens with zero attached hydrogens (tertiary/aromatic N) is 1. The second kappa shape index (κ2) is 6.53. The molecule has 1 amide bonds. The Kier molecular flexibility index (Phi) is 4.29. The highest BCUT2D eigenvalue weighted by atomic mass is 16.3. The summed E-state index contributed by atoms with van der Waals surface area (Å²) >= 11 is 0. The van der Waals surface area contributed by atoms with E-state index in [1.165, 1.54) is 12.5 Å². The molecular weight excluding hydrogens is 288 g/mol. The van der Waals surface area contributed by atoms with Gasteiger partial charge in [-0.2, -0.15) is 5.26 Å². The number of anilines is 1. The Labute approximate surface area is 135 Å². The third kappa shape index (κ3) is 3.89. The van der Waals surface area contributed by atoms with E-state index in [1.807, 2.05) is 24.3 Å². The quantitative estimate of drug-likeness (QED) is 0.845. The van der Waals surface area contributed by atoms with Crippen LogP contribution in [0.1, 0.15) is 36.3 Å². The zero-order valence-corrected chi connectivity index (χ0v) is 13.0. The van der Waals surface area contributed by atoms with Crippen LogP contribution in [0.2, 0.25) is 0 Å². The molecule has 2 aromatic rings. The van der Waals surface area contributed by atoms with Gasteiger partial charge in [0.2, 0.25) is 5.91 Å². The highest BCUT2D eigenvalue weighted by Crippen LogP contribution is 2.47. The monoisotopic (exact) mass is 306 g/mol. The summed E-state index contributed by atoms with van der Waals surface area (Å²) in [6.07, 6.45) is 4.69.